The van der Waals surface area contributed by atoms with E-state index < -0.39 is 0 Å². The summed E-state index contributed by atoms with van der Waals surface area (Å²) in [4.78, 5) is 24.7. The summed E-state index contributed by atoms with van der Waals surface area (Å²) < 4.78 is 1.56. The van der Waals surface area contributed by atoms with Gasteiger partial charge in [0.1, 0.15) is 0 Å². The van der Waals surface area contributed by atoms with E-state index in [1.807, 2.05) is 24.3 Å². The van der Waals surface area contributed by atoms with Crippen LogP contribution in [0, 0.1) is 0 Å². The summed E-state index contributed by atoms with van der Waals surface area (Å²) in [6.45, 7) is 0. The lowest BCUT2D eigenvalue weighted by molar-refractivity contribution is 0.104. The minimum absolute atomic E-state index is 0.115. The number of rotatable bonds is 4. The Labute approximate surface area is 145 Å². The fraction of sp³-hybridized carbons (Fsp3) is 0.0588. The fourth-order valence-corrected chi connectivity index (χ4v) is 2.66. The Balaban J connectivity index is 2.43. The van der Waals surface area contributed by atoms with Crippen molar-refractivity contribution in [2.75, 3.05) is 12.4 Å². The summed E-state index contributed by atoms with van der Waals surface area (Å²) in [5.41, 5.74) is 1.04. The minimum Gasteiger partial charge on any atom is -0.385 e. The molecule has 0 aliphatic rings. The van der Waals surface area contributed by atoms with Crippen LogP contribution in [0.3, 0.4) is 0 Å². The first-order valence-corrected chi connectivity index (χ1v) is 8.10. The standard InChI is InChI=1S/C17H13Br2NO2/c1-20-15-8-7-12(18)10-13(17(15)22)16(21)9-6-11-4-2-3-5-14(11)19/h2-10H,1H3,(H,20,22)/b9-6-. The van der Waals surface area contributed by atoms with E-state index in [9.17, 15) is 9.59 Å². The zero-order chi connectivity index (χ0) is 16.1. The first-order valence-electron chi connectivity index (χ1n) is 6.51. The summed E-state index contributed by atoms with van der Waals surface area (Å²) in [6.07, 6.45) is 3.09. The largest absolute Gasteiger partial charge is 0.385 e. The van der Waals surface area contributed by atoms with Crippen LogP contribution in [-0.2, 0) is 0 Å². The van der Waals surface area contributed by atoms with Crippen molar-refractivity contribution < 1.29 is 4.79 Å². The number of hydrogen-bond donors (Lipinski definition) is 1. The van der Waals surface area contributed by atoms with Crippen molar-refractivity contribution in [3.63, 3.8) is 0 Å². The normalized spacial score (nSPS) is 10.7. The molecule has 0 fully saturated rings. The summed E-state index contributed by atoms with van der Waals surface area (Å²) in [7, 11) is 1.65. The molecule has 0 bridgehead atoms. The smallest absolute Gasteiger partial charge is 0.212 e. The van der Waals surface area contributed by atoms with E-state index in [-0.39, 0.29) is 16.8 Å². The van der Waals surface area contributed by atoms with Gasteiger partial charge in [0.2, 0.25) is 5.43 Å². The lowest BCUT2D eigenvalue weighted by Crippen LogP contribution is -2.14. The molecule has 3 nitrogen and oxygen atoms in total. The van der Waals surface area contributed by atoms with Crippen molar-refractivity contribution in [2.45, 2.75) is 0 Å². The lowest BCUT2D eigenvalue weighted by Gasteiger charge is -1.98. The second-order valence-corrected chi connectivity index (χ2v) is 6.26. The van der Waals surface area contributed by atoms with Crippen LogP contribution in [-0.4, -0.2) is 12.8 Å². The third kappa shape index (κ3) is 3.93. The Hall–Kier alpha value is -1.72. The Kier molecular flexibility index (Phi) is 5.69. The van der Waals surface area contributed by atoms with Crippen molar-refractivity contribution in [3.8, 4) is 0 Å². The number of ketones is 1. The van der Waals surface area contributed by atoms with Crippen molar-refractivity contribution >= 4 is 49.4 Å². The maximum Gasteiger partial charge on any atom is 0.212 e. The van der Waals surface area contributed by atoms with E-state index in [0.29, 0.717) is 10.2 Å². The monoisotopic (exact) mass is 421 g/mol. The number of carbonyl (C=O) groups excluding carboxylic acids is 1. The summed E-state index contributed by atoms with van der Waals surface area (Å²) in [5, 5.41) is 2.80. The van der Waals surface area contributed by atoms with Crippen molar-refractivity contribution in [1.29, 1.82) is 0 Å². The second-order valence-electron chi connectivity index (χ2n) is 4.49. The van der Waals surface area contributed by atoms with Crippen LogP contribution in [0.25, 0.3) is 6.08 Å². The molecule has 2 aromatic rings. The molecule has 5 heteroatoms. The zero-order valence-corrected chi connectivity index (χ0v) is 14.9. The molecule has 0 amide bonds. The Morgan fingerprint density at radius 2 is 1.86 bits per heavy atom. The lowest BCUT2D eigenvalue weighted by atomic mass is 10.1. The summed E-state index contributed by atoms with van der Waals surface area (Å²) in [5.74, 6) is -0.339. The molecule has 0 aromatic heterocycles. The maximum atomic E-state index is 12.4. The summed E-state index contributed by atoms with van der Waals surface area (Å²) >= 11 is 6.73. The molecule has 0 atom stereocenters. The number of hydrogen-bond acceptors (Lipinski definition) is 3. The van der Waals surface area contributed by atoms with Gasteiger partial charge < -0.3 is 5.32 Å². The van der Waals surface area contributed by atoms with Crippen molar-refractivity contribution in [1.82, 2.24) is 0 Å². The minimum atomic E-state index is -0.339. The van der Waals surface area contributed by atoms with Gasteiger partial charge in [0.05, 0.1) is 11.3 Å². The molecule has 112 valence electrons. The summed E-state index contributed by atoms with van der Waals surface area (Å²) in [6, 6.07) is 12.4. The number of allylic oxidation sites excluding steroid dienone is 1. The number of carbonyl (C=O) groups is 1. The van der Waals surface area contributed by atoms with E-state index in [2.05, 4.69) is 37.2 Å². The Morgan fingerprint density at radius 3 is 2.55 bits per heavy atom. The van der Waals surface area contributed by atoms with Crippen molar-refractivity contribution in [3.05, 3.63) is 78.8 Å². The van der Waals surface area contributed by atoms with Crippen LogP contribution in [0.5, 0.6) is 0 Å². The van der Waals surface area contributed by atoms with Gasteiger partial charge >= 0.3 is 0 Å². The molecule has 0 spiro atoms. The van der Waals surface area contributed by atoms with Crippen LogP contribution in [0.2, 0.25) is 0 Å². The maximum absolute atomic E-state index is 12.4. The van der Waals surface area contributed by atoms with Crippen LogP contribution in [0.15, 0.2) is 62.3 Å². The van der Waals surface area contributed by atoms with Gasteiger partial charge in [0, 0.05) is 16.0 Å². The zero-order valence-electron chi connectivity index (χ0n) is 11.8. The van der Waals surface area contributed by atoms with E-state index >= 15 is 0 Å². The highest BCUT2D eigenvalue weighted by atomic mass is 79.9. The van der Waals surface area contributed by atoms with Gasteiger partial charge in [-0.3, -0.25) is 9.59 Å². The SMILES string of the molecule is CNc1ccc(Br)cc(C(=O)/C=C\c2ccccc2Br)c1=O. The van der Waals surface area contributed by atoms with Gasteiger partial charge in [-0.2, -0.15) is 0 Å². The van der Waals surface area contributed by atoms with Gasteiger partial charge in [-0.1, -0.05) is 50.1 Å². The first kappa shape index (κ1) is 16.6. The highest BCUT2D eigenvalue weighted by molar-refractivity contribution is 9.10. The molecular formula is C17H13Br2NO2. The van der Waals surface area contributed by atoms with Gasteiger partial charge in [0.25, 0.3) is 0 Å². The molecule has 0 saturated carbocycles. The molecule has 0 heterocycles. The third-order valence-electron chi connectivity index (χ3n) is 3.03. The van der Waals surface area contributed by atoms with Crippen LogP contribution < -0.4 is 10.7 Å². The first-order chi connectivity index (χ1) is 10.5. The average Bonchev–Trinajstić information content (AvgIpc) is 2.65. The van der Waals surface area contributed by atoms with Crippen LogP contribution >= 0.6 is 31.9 Å². The highest BCUT2D eigenvalue weighted by Crippen LogP contribution is 2.18. The molecule has 2 rings (SSSR count). The van der Waals surface area contributed by atoms with Crippen LogP contribution in [0.1, 0.15) is 15.9 Å². The van der Waals surface area contributed by atoms with E-state index in [0.717, 1.165) is 10.0 Å². The Morgan fingerprint density at radius 1 is 1.14 bits per heavy atom. The van der Waals surface area contributed by atoms with Gasteiger partial charge in [0.15, 0.2) is 5.78 Å². The van der Waals surface area contributed by atoms with Gasteiger partial charge in [-0.05, 0) is 42.0 Å². The van der Waals surface area contributed by atoms with E-state index in [1.54, 1.807) is 25.3 Å². The van der Waals surface area contributed by atoms with Crippen LogP contribution in [0.4, 0.5) is 5.69 Å². The fourth-order valence-electron chi connectivity index (χ4n) is 1.88. The molecule has 0 radical (unpaired) electrons. The molecule has 2 aromatic carbocycles. The molecule has 22 heavy (non-hydrogen) atoms. The second kappa shape index (κ2) is 7.51. The molecule has 1 N–H and O–H groups in total. The Bertz CT molecular complexity index is 801. The quantitative estimate of drug-likeness (QED) is 0.582. The third-order valence-corrected chi connectivity index (χ3v) is 4.25. The van der Waals surface area contributed by atoms with Crippen molar-refractivity contribution in [2.24, 2.45) is 0 Å². The predicted octanol–water partition coefficient (Wildman–Crippen LogP) is 4.51. The predicted molar refractivity (Wildman–Crippen MR) is 97.5 cm³/mol. The number of benzene rings is 1. The van der Waals surface area contributed by atoms with E-state index in [4.69, 9.17) is 0 Å². The van der Waals surface area contributed by atoms with E-state index in [1.165, 1.54) is 12.1 Å². The molecule has 0 unspecified atom stereocenters. The molecular weight excluding hydrogens is 410 g/mol. The average molecular weight is 423 g/mol. The molecule has 0 saturated heterocycles. The highest BCUT2D eigenvalue weighted by Gasteiger charge is 2.10. The molecule has 0 aliphatic heterocycles. The molecule has 0 aliphatic carbocycles. The number of halogens is 2. The number of anilines is 1. The van der Waals surface area contributed by atoms with Gasteiger partial charge in [-0.25, -0.2) is 0 Å². The van der Waals surface area contributed by atoms with Gasteiger partial charge in [-0.15, -0.1) is 0 Å². The topological polar surface area (TPSA) is 46.2 Å². The number of nitrogens with one attached hydrogen (secondary N) is 1.